The lowest BCUT2D eigenvalue weighted by atomic mass is 10.1. The van der Waals surface area contributed by atoms with Gasteiger partial charge in [-0.05, 0) is 32.0 Å². The van der Waals surface area contributed by atoms with Crippen LogP contribution in [0.25, 0.3) is 21.3 Å². The van der Waals surface area contributed by atoms with Crippen molar-refractivity contribution in [3.05, 3.63) is 41.2 Å². The molecule has 0 aliphatic heterocycles. The van der Waals surface area contributed by atoms with Gasteiger partial charge in [-0.15, -0.1) is 11.3 Å². The number of rotatable bonds is 4. The molecule has 25 heavy (non-hydrogen) atoms. The van der Waals surface area contributed by atoms with Gasteiger partial charge in [0.2, 0.25) is 10.0 Å². The smallest absolute Gasteiger partial charge is 0.229 e. The molecule has 130 valence electrons. The molecule has 0 saturated heterocycles. The van der Waals surface area contributed by atoms with Crippen molar-refractivity contribution in [2.24, 2.45) is 0 Å². The van der Waals surface area contributed by atoms with E-state index >= 15 is 0 Å². The molecule has 0 bridgehead atoms. The molecule has 3 aromatic rings. The fraction of sp³-hybridized carbons (Fsp3) is 0.235. The summed E-state index contributed by atoms with van der Waals surface area (Å²) in [5.41, 5.74) is 2.13. The average Bonchev–Trinajstić information content (AvgIpc) is 3.05. The maximum absolute atomic E-state index is 13.8. The molecule has 0 saturated carbocycles. The van der Waals surface area contributed by atoms with E-state index in [-0.39, 0.29) is 10.9 Å². The highest BCUT2D eigenvalue weighted by Crippen LogP contribution is 2.38. The van der Waals surface area contributed by atoms with Crippen molar-refractivity contribution >= 4 is 38.0 Å². The SMILES string of the molecule is CC(C)n1cc(-c2cc(F)c(C#N)s2)c2ccc(NS(C)(=O)=O)cc21. The predicted molar refractivity (Wildman–Crippen MR) is 98.8 cm³/mol. The Morgan fingerprint density at radius 1 is 1.32 bits per heavy atom. The lowest BCUT2D eigenvalue weighted by molar-refractivity contribution is 0.607. The molecule has 1 aromatic carbocycles. The van der Waals surface area contributed by atoms with E-state index < -0.39 is 15.8 Å². The second-order valence-corrected chi connectivity index (χ2v) is 8.85. The van der Waals surface area contributed by atoms with E-state index in [9.17, 15) is 12.8 Å². The first-order valence-electron chi connectivity index (χ1n) is 7.52. The maximum Gasteiger partial charge on any atom is 0.229 e. The summed E-state index contributed by atoms with van der Waals surface area (Å²) in [5, 5.41) is 9.85. The summed E-state index contributed by atoms with van der Waals surface area (Å²) in [6, 6.07) is 8.59. The second kappa shape index (κ2) is 6.17. The zero-order valence-electron chi connectivity index (χ0n) is 13.9. The second-order valence-electron chi connectivity index (χ2n) is 6.05. The van der Waals surface area contributed by atoms with E-state index in [0.717, 1.165) is 34.1 Å². The lowest BCUT2D eigenvalue weighted by Gasteiger charge is -2.10. The predicted octanol–water partition coefficient (Wildman–Crippen LogP) is 4.33. The Morgan fingerprint density at radius 3 is 2.60 bits per heavy atom. The summed E-state index contributed by atoms with van der Waals surface area (Å²) in [7, 11) is -3.37. The molecule has 0 amide bonds. The maximum atomic E-state index is 13.8. The number of benzene rings is 1. The number of hydrogen-bond acceptors (Lipinski definition) is 4. The van der Waals surface area contributed by atoms with Crippen molar-refractivity contribution in [2.75, 3.05) is 11.0 Å². The zero-order chi connectivity index (χ0) is 18.4. The van der Waals surface area contributed by atoms with Crippen LogP contribution in [0.4, 0.5) is 10.1 Å². The number of anilines is 1. The van der Waals surface area contributed by atoms with E-state index in [1.165, 1.54) is 6.07 Å². The highest BCUT2D eigenvalue weighted by Gasteiger charge is 2.17. The molecule has 3 rings (SSSR count). The number of nitrogens with one attached hydrogen (secondary N) is 1. The van der Waals surface area contributed by atoms with Gasteiger partial charge in [-0.1, -0.05) is 6.07 Å². The van der Waals surface area contributed by atoms with Gasteiger partial charge in [0.1, 0.15) is 10.9 Å². The number of fused-ring (bicyclic) bond motifs is 1. The highest BCUT2D eigenvalue weighted by molar-refractivity contribution is 7.92. The van der Waals surface area contributed by atoms with E-state index in [1.807, 2.05) is 30.7 Å². The monoisotopic (exact) mass is 377 g/mol. The summed E-state index contributed by atoms with van der Waals surface area (Å²) in [5.74, 6) is -0.525. The third kappa shape index (κ3) is 3.38. The van der Waals surface area contributed by atoms with Crippen molar-refractivity contribution in [1.82, 2.24) is 4.57 Å². The summed E-state index contributed by atoms with van der Waals surface area (Å²) < 4.78 is 41.2. The number of nitrogens with zero attached hydrogens (tertiary/aromatic N) is 2. The Labute approximate surface area is 149 Å². The Hall–Kier alpha value is -2.37. The molecule has 0 spiro atoms. The largest absolute Gasteiger partial charge is 0.344 e. The molecule has 0 fully saturated rings. The number of thiophene rings is 1. The van der Waals surface area contributed by atoms with Gasteiger partial charge in [0.25, 0.3) is 0 Å². The molecule has 2 aromatic heterocycles. The molecule has 2 heterocycles. The topological polar surface area (TPSA) is 74.9 Å². The average molecular weight is 377 g/mol. The van der Waals surface area contributed by atoms with Crippen LogP contribution in [0.5, 0.6) is 0 Å². The minimum absolute atomic E-state index is 0.0517. The van der Waals surface area contributed by atoms with Crippen LogP contribution < -0.4 is 4.72 Å². The van der Waals surface area contributed by atoms with E-state index in [1.54, 1.807) is 18.2 Å². The first-order chi connectivity index (χ1) is 11.7. The van der Waals surface area contributed by atoms with E-state index in [0.29, 0.717) is 10.6 Å². The number of hydrogen-bond donors (Lipinski definition) is 1. The molecule has 0 unspecified atom stereocenters. The lowest BCUT2D eigenvalue weighted by Crippen LogP contribution is -2.09. The molecule has 0 atom stereocenters. The third-order valence-corrected chi connectivity index (χ3v) is 5.40. The van der Waals surface area contributed by atoms with Gasteiger partial charge in [-0.3, -0.25) is 4.72 Å². The standard InChI is InChI=1S/C17H16FN3O2S2/c1-10(2)21-9-13(16-7-14(18)17(8-19)24-16)12-5-4-11(6-15(12)21)20-25(3,22)23/h4-7,9-10,20H,1-3H3. The minimum Gasteiger partial charge on any atom is -0.344 e. The number of halogens is 1. The Bertz CT molecular complexity index is 1110. The van der Waals surface area contributed by atoms with Gasteiger partial charge >= 0.3 is 0 Å². The quantitative estimate of drug-likeness (QED) is 0.735. The molecule has 8 heteroatoms. The van der Waals surface area contributed by atoms with Gasteiger partial charge < -0.3 is 4.57 Å². The summed E-state index contributed by atoms with van der Waals surface area (Å²) in [6.07, 6.45) is 3.01. The van der Waals surface area contributed by atoms with Crippen LogP contribution in [-0.2, 0) is 10.0 Å². The summed E-state index contributed by atoms with van der Waals surface area (Å²) >= 11 is 1.11. The molecule has 0 radical (unpaired) electrons. The van der Waals surface area contributed by atoms with Crippen molar-refractivity contribution in [1.29, 1.82) is 5.26 Å². The number of nitriles is 1. The Balaban J connectivity index is 2.22. The van der Waals surface area contributed by atoms with Crippen LogP contribution in [0, 0.1) is 17.1 Å². The molecule has 0 aliphatic carbocycles. The van der Waals surface area contributed by atoms with Gasteiger partial charge in [-0.25, -0.2) is 12.8 Å². The van der Waals surface area contributed by atoms with Gasteiger partial charge in [-0.2, -0.15) is 5.26 Å². The summed E-state index contributed by atoms with van der Waals surface area (Å²) in [6.45, 7) is 4.02. The van der Waals surface area contributed by atoms with E-state index in [2.05, 4.69) is 4.72 Å². The minimum atomic E-state index is -3.37. The molecule has 0 aliphatic rings. The number of aromatic nitrogens is 1. The van der Waals surface area contributed by atoms with Crippen LogP contribution in [0.1, 0.15) is 24.8 Å². The third-order valence-electron chi connectivity index (χ3n) is 3.75. The highest BCUT2D eigenvalue weighted by atomic mass is 32.2. The van der Waals surface area contributed by atoms with E-state index in [4.69, 9.17) is 5.26 Å². The normalized spacial score (nSPS) is 11.8. The van der Waals surface area contributed by atoms with Gasteiger partial charge in [0, 0.05) is 28.1 Å². The Morgan fingerprint density at radius 2 is 2.04 bits per heavy atom. The first kappa shape index (κ1) is 17.5. The van der Waals surface area contributed by atoms with Crippen molar-refractivity contribution in [2.45, 2.75) is 19.9 Å². The van der Waals surface area contributed by atoms with Crippen LogP contribution in [0.2, 0.25) is 0 Å². The number of sulfonamides is 1. The zero-order valence-corrected chi connectivity index (χ0v) is 15.5. The van der Waals surface area contributed by atoms with Crippen molar-refractivity contribution in [3.63, 3.8) is 0 Å². The van der Waals surface area contributed by atoms with Gasteiger partial charge in [0.15, 0.2) is 5.82 Å². The van der Waals surface area contributed by atoms with Gasteiger partial charge in [0.05, 0.1) is 17.5 Å². The van der Waals surface area contributed by atoms with Crippen LogP contribution >= 0.6 is 11.3 Å². The molecular formula is C17H16FN3O2S2. The molecule has 1 N–H and O–H groups in total. The van der Waals surface area contributed by atoms with Crippen LogP contribution in [0.3, 0.4) is 0 Å². The van der Waals surface area contributed by atoms with Crippen molar-refractivity contribution < 1.29 is 12.8 Å². The fourth-order valence-corrected chi connectivity index (χ4v) is 4.14. The first-order valence-corrected chi connectivity index (χ1v) is 10.2. The van der Waals surface area contributed by atoms with Crippen LogP contribution in [0.15, 0.2) is 30.5 Å². The fourth-order valence-electron chi connectivity index (χ4n) is 2.73. The molecule has 5 nitrogen and oxygen atoms in total. The summed E-state index contributed by atoms with van der Waals surface area (Å²) in [4.78, 5) is 0.720. The van der Waals surface area contributed by atoms with Crippen LogP contribution in [-0.4, -0.2) is 19.2 Å². The molecular weight excluding hydrogens is 361 g/mol. The van der Waals surface area contributed by atoms with Crippen molar-refractivity contribution in [3.8, 4) is 16.5 Å². The Kier molecular flexibility index (Phi) is 4.31.